The molecule has 0 heterocycles. The van der Waals surface area contributed by atoms with Crippen LogP contribution in [0.3, 0.4) is 0 Å². The van der Waals surface area contributed by atoms with Crippen molar-refractivity contribution in [3.8, 4) is 0 Å². The quantitative estimate of drug-likeness (QED) is 0.495. The summed E-state index contributed by atoms with van der Waals surface area (Å²) in [5.41, 5.74) is 0. The van der Waals surface area contributed by atoms with Crippen molar-refractivity contribution in [1.82, 2.24) is 0 Å². The monoisotopic (exact) mass is 232 g/mol. The highest BCUT2D eigenvalue weighted by atomic mass is 32.2. The molecule has 0 rings (SSSR count). The lowest BCUT2D eigenvalue weighted by molar-refractivity contribution is 0.318. The first-order chi connectivity index (χ1) is 5.77. The maximum atomic E-state index is 10.8. The van der Waals surface area contributed by atoms with E-state index in [1.807, 2.05) is 0 Å². The highest BCUT2D eigenvalue weighted by molar-refractivity contribution is 7.90. The zero-order chi connectivity index (χ0) is 10.5. The molecule has 0 radical (unpaired) electrons. The van der Waals surface area contributed by atoms with Crippen LogP contribution in [-0.4, -0.2) is 39.5 Å². The predicted octanol–water partition coefficient (Wildman–Crippen LogP) is -0.369. The first kappa shape index (κ1) is 12.8. The molecule has 0 unspecified atom stereocenters. The van der Waals surface area contributed by atoms with Crippen LogP contribution in [0.15, 0.2) is 0 Å². The first-order valence-electron chi connectivity index (χ1n) is 3.59. The van der Waals surface area contributed by atoms with Gasteiger partial charge in [0.1, 0.15) is 0 Å². The lowest BCUT2D eigenvalue weighted by Gasteiger charge is -2.02. The van der Waals surface area contributed by atoms with E-state index < -0.39 is 31.7 Å². The fourth-order valence-electron chi connectivity index (χ4n) is 0.477. The second kappa shape index (κ2) is 4.89. The number of rotatable bonds is 6. The van der Waals surface area contributed by atoms with Crippen LogP contribution in [0.4, 0.5) is 0 Å². The van der Waals surface area contributed by atoms with E-state index in [0.29, 0.717) is 6.42 Å². The summed E-state index contributed by atoms with van der Waals surface area (Å²) >= 11 is 0. The minimum Gasteiger partial charge on any atom is -0.286 e. The van der Waals surface area contributed by atoms with Gasteiger partial charge in [-0.15, -0.1) is 0 Å². The maximum Gasteiger partial charge on any atom is 0.268 e. The molecule has 0 saturated heterocycles. The van der Waals surface area contributed by atoms with Crippen LogP contribution in [-0.2, 0) is 24.4 Å². The van der Waals surface area contributed by atoms with Crippen LogP contribution in [0.5, 0.6) is 0 Å². The summed E-state index contributed by atoms with van der Waals surface area (Å²) < 4.78 is 54.7. The van der Waals surface area contributed by atoms with E-state index in [4.69, 9.17) is 4.55 Å². The molecule has 0 aliphatic rings. The third-order valence-corrected chi connectivity index (χ3v) is 3.27. The highest BCUT2D eigenvalue weighted by Gasteiger charge is 2.15. The summed E-state index contributed by atoms with van der Waals surface area (Å²) in [6, 6.07) is 0. The van der Waals surface area contributed by atoms with Crippen LogP contribution in [0.1, 0.15) is 13.3 Å². The van der Waals surface area contributed by atoms with Crippen LogP contribution >= 0.6 is 0 Å². The lowest BCUT2D eigenvalue weighted by atomic mass is 10.5. The Balaban J connectivity index is 4.05. The molecule has 80 valence electrons. The fourth-order valence-corrected chi connectivity index (χ4v) is 2.67. The Bertz CT molecular complexity index is 326. The molecule has 0 aromatic rings. The first-order valence-corrected chi connectivity index (χ1v) is 6.78. The van der Waals surface area contributed by atoms with E-state index in [2.05, 4.69) is 4.18 Å². The predicted molar refractivity (Wildman–Crippen MR) is 46.4 cm³/mol. The molecule has 8 heteroatoms. The molecule has 0 aliphatic heterocycles. The molecule has 0 amide bonds. The third kappa shape index (κ3) is 8.16. The normalized spacial score (nSPS) is 13.1. The molecular weight excluding hydrogens is 220 g/mol. The average Bonchev–Trinajstić information content (AvgIpc) is 1.97. The van der Waals surface area contributed by atoms with Crippen LogP contribution in [0.25, 0.3) is 0 Å². The summed E-state index contributed by atoms with van der Waals surface area (Å²) in [6.07, 6.45) is 0.519. The average molecular weight is 232 g/mol. The van der Waals surface area contributed by atoms with Crippen molar-refractivity contribution in [1.29, 1.82) is 0 Å². The largest absolute Gasteiger partial charge is 0.286 e. The van der Waals surface area contributed by atoms with Gasteiger partial charge in [-0.3, -0.25) is 8.74 Å². The summed E-state index contributed by atoms with van der Waals surface area (Å²) in [5.74, 6) is -1.55. The van der Waals surface area contributed by atoms with Crippen LogP contribution in [0.2, 0.25) is 0 Å². The summed E-state index contributed by atoms with van der Waals surface area (Å²) in [6.45, 7) is 1.74. The molecule has 6 nitrogen and oxygen atoms in total. The van der Waals surface area contributed by atoms with E-state index in [0.717, 1.165) is 0 Å². The molecular formula is C5H12O6S2. The van der Waals surface area contributed by atoms with E-state index in [-0.39, 0.29) is 6.61 Å². The fraction of sp³-hybridized carbons (Fsp3) is 1.00. The second-order valence-corrected chi connectivity index (χ2v) is 5.70. The van der Waals surface area contributed by atoms with Crippen molar-refractivity contribution >= 4 is 20.2 Å². The molecule has 0 atom stereocenters. The van der Waals surface area contributed by atoms with Crippen molar-refractivity contribution in [2.75, 3.05) is 18.1 Å². The van der Waals surface area contributed by atoms with Gasteiger partial charge in [-0.1, -0.05) is 6.92 Å². The van der Waals surface area contributed by atoms with Gasteiger partial charge in [0.25, 0.3) is 20.2 Å². The van der Waals surface area contributed by atoms with Gasteiger partial charge in [-0.05, 0) is 6.42 Å². The smallest absolute Gasteiger partial charge is 0.268 e. The molecule has 0 saturated carbocycles. The van der Waals surface area contributed by atoms with E-state index in [9.17, 15) is 16.8 Å². The molecule has 0 aromatic carbocycles. The Hall–Kier alpha value is -0.180. The maximum absolute atomic E-state index is 10.8. The molecule has 0 fully saturated rings. The van der Waals surface area contributed by atoms with Crippen LogP contribution in [0, 0.1) is 0 Å². The van der Waals surface area contributed by atoms with Crippen molar-refractivity contribution in [2.45, 2.75) is 13.3 Å². The summed E-state index contributed by atoms with van der Waals surface area (Å²) in [7, 11) is -8.06. The minimum atomic E-state index is -4.24. The molecule has 0 bridgehead atoms. The van der Waals surface area contributed by atoms with Gasteiger partial charge < -0.3 is 0 Å². The Labute approximate surface area is 77.8 Å². The second-order valence-electron chi connectivity index (χ2n) is 2.37. The number of hydrogen-bond donors (Lipinski definition) is 1. The van der Waals surface area contributed by atoms with Crippen molar-refractivity contribution in [2.24, 2.45) is 0 Å². The topological polar surface area (TPSA) is 97.7 Å². The van der Waals surface area contributed by atoms with Gasteiger partial charge in [-0.25, -0.2) is 0 Å². The molecule has 13 heavy (non-hydrogen) atoms. The standard InChI is InChI=1S/C5H12O6S2/c1-2-3-11-13(9,10)5-4-12(6,7)8/h2-5H2,1H3,(H,6,7,8). The Morgan fingerprint density at radius 2 is 1.69 bits per heavy atom. The Morgan fingerprint density at radius 3 is 2.08 bits per heavy atom. The zero-order valence-electron chi connectivity index (χ0n) is 7.13. The molecule has 0 spiro atoms. The zero-order valence-corrected chi connectivity index (χ0v) is 8.77. The third-order valence-electron chi connectivity index (χ3n) is 1.06. The summed E-state index contributed by atoms with van der Waals surface area (Å²) in [4.78, 5) is 0. The molecule has 0 aliphatic carbocycles. The highest BCUT2D eigenvalue weighted by Crippen LogP contribution is 1.96. The molecule has 0 aromatic heterocycles. The van der Waals surface area contributed by atoms with Gasteiger partial charge in [-0.2, -0.15) is 16.8 Å². The van der Waals surface area contributed by atoms with Gasteiger partial charge >= 0.3 is 0 Å². The van der Waals surface area contributed by atoms with Gasteiger partial charge in [0, 0.05) is 0 Å². The van der Waals surface area contributed by atoms with E-state index in [1.165, 1.54) is 0 Å². The summed E-state index contributed by atoms with van der Waals surface area (Å²) in [5, 5.41) is 0. The van der Waals surface area contributed by atoms with Gasteiger partial charge in [0.05, 0.1) is 18.1 Å². The van der Waals surface area contributed by atoms with E-state index in [1.54, 1.807) is 6.92 Å². The van der Waals surface area contributed by atoms with E-state index >= 15 is 0 Å². The molecule has 1 N–H and O–H groups in total. The van der Waals surface area contributed by atoms with Crippen molar-refractivity contribution < 1.29 is 25.6 Å². The minimum absolute atomic E-state index is 0.0216. The van der Waals surface area contributed by atoms with Crippen LogP contribution < -0.4 is 0 Å². The number of hydrogen-bond acceptors (Lipinski definition) is 5. The van der Waals surface area contributed by atoms with Gasteiger partial charge in [0.2, 0.25) is 0 Å². The lowest BCUT2D eigenvalue weighted by Crippen LogP contribution is -2.18. The van der Waals surface area contributed by atoms with Gasteiger partial charge in [0.15, 0.2) is 0 Å². The van der Waals surface area contributed by atoms with Crippen molar-refractivity contribution in [3.05, 3.63) is 0 Å². The SMILES string of the molecule is CCCOS(=O)(=O)CCS(=O)(=O)O. The Morgan fingerprint density at radius 1 is 1.15 bits per heavy atom. The van der Waals surface area contributed by atoms with Crippen molar-refractivity contribution in [3.63, 3.8) is 0 Å². The Kier molecular flexibility index (Phi) is 4.82.